The smallest absolute Gasteiger partial charge is 0.497 e. The van der Waals surface area contributed by atoms with E-state index in [0.717, 1.165) is 37.2 Å². The van der Waals surface area contributed by atoms with E-state index in [1.807, 2.05) is 12.1 Å². The van der Waals surface area contributed by atoms with Crippen molar-refractivity contribution in [3.8, 4) is 34.5 Å². The Morgan fingerprint density at radius 2 is 1.53 bits per heavy atom. The van der Waals surface area contributed by atoms with Gasteiger partial charge in [-0.15, -0.1) is 0 Å². The molecule has 5 atom stereocenters. The predicted octanol–water partition coefficient (Wildman–Crippen LogP) is 6.43. The van der Waals surface area contributed by atoms with Crippen molar-refractivity contribution in [3.05, 3.63) is 70.9 Å². The van der Waals surface area contributed by atoms with Crippen LogP contribution in [0.5, 0.6) is 34.5 Å². The van der Waals surface area contributed by atoms with Crippen LogP contribution in [0.25, 0.3) is 10.9 Å². The zero-order valence-electron chi connectivity index (χ0n) is 30.7. The summed E-state index contributed by atoms with van der Waals surface area (Å²) in [7, 11) is 7.45. The zero-order chi connectivity index (χ0) is 37.4. The van der Waals surface area contributed by atoms with E-state index in [0.29, 0.717) is 29.9 Å². The van der Waals surface area contributed by atoms with E-state index >= 15 is 0 Å². The van der Waals surface area contributed by atoms with Crippen molar-refractivity contribution in [3.63, 3.8) is 0 Å². The molecule has 1 saturated heterocycles. The van der Waals surface area contributed by atoms with Gasteiger partial charge in [-0.2, -0.15) is 0 Å². The summed E-state index contributed by atoms with van der Waals surface area (Å²) in [4.78, 5) is 45.9. The van der Waals surface area contributed by atoms with Crippen LogP contribution in [0.3, 0.4) is 0 Å². The van der Waals surface area contributed by atoms with Crippen LogP contribution in [0.4, 0.5) is 4.79 Å². The van der Waals surface area contributed by atoms with Crippen molar-refractivity contribution in [1.29, 1.82) is 0 Å². The summed E-state index contributed by atoms with van der Waals surface area (Å²) in [6, 6.07) is 14.0. The number of H-pyrrole nitrogens is 1. The molecule has 280 valence electrons. The molecule has 0 bridgehead atoms. The summed E-state index contributed by atoms with van der Waals surface area (Å²) < 4.78 is 43.8. The molecule has 1 aliphatic carbocycles. The number of ether oxygens (including phenoxy) is 8. The van der Waals surface area contributed by atoms with Gasteiger partial charge in [0.05, 0.1) is 53.1 Å². The van der Waals surface area contributed by atoms with Crippen LogP contribution >= 0.6 is 0 Å². The van der Waals surface area contributed by atoms with Crippen LogP contribution in [0, 0.1) is 24.7 Å². The lowest BCUT2D eigenvalue weighted by Gasteiger charge is -2.51. The molecule has 0 radical (unpaired) electrons. The average molecular weight is 729 g/mol. The highest BCUT2D eigenvalue weighted by molar-refractivity contribution is 5.91. The number of hydrogen-bond donors (Lipinski definition) is 1. The molecule has 7 rings (SSSR count). The maximum absolute atomic E-state index is 13.7. The Morgan fingerprint density at radius 1 is 0.792 bits per heavy atom. The van der Waals surface area contributed by atoms with Gasteiger partial charge in [0.2, 0.25) is 0 Å². The second-order valence-electron chi connectivity index (χ2n) is 13.8. The molecule has 2 aliphatic heterocycles. The highest BCUT2D eigenvalue weighted by Crippen LogP contribution is 2.50. The largest absolute Gasteiger partial charge is 0.519 e. The van der Waals surface area contributed by atoms with E-state index < -0.39 is 24.1 Å². The molecule has 1 aromatic heterocycles. The number of esters is 2. The van der Waals surface area contributed by atoms with Crippen molar-refractivity contribution in [2.75, 3.05) is 48.6 Å². The van der Waals surface area contributed by atoms with Crippen molar-refractivity contribution in [2.45, 2.75) is 44.8 Å². The van der Waals surface area contributed by atoms with Crippen LogP contribution in [0.15, 0.2) is 48.5 Å². The van der Waals surface area contributed by atoms with Crippen molar-refractivity contribution in [2.24, 2.45) is 17.8 Å². The number of nitrogens with zero attached hydrogens (tertiary/aromatic N) is 1. The Balaban J connectivity index is 1.05. The molecular formula is C40H44N2O11. The van der Waals surface area contributed by atoms with E-state index in [9.17, 15) is 14.4 Å². The SMILES string of the molecule is COC(=O)C1CC(OC(=O)c2cc(C)c(OC(=O)Oc3cc(OC)cc(OC)c3)c(OC)c2)CC2CN3CCc4c([nH]c5cc(OC)ccc45)C3CC21. The number of aromatic nitrogens is 1. The fourth-order valence-electron chi connectivity index (χ4n) is 8.46. The molecule has 5 unspecified atom stereocenters. The third kappa shape index (κ3) is 7.05. The van der Waals surface area contributed by atoms with Gasteiger partial charge >= 0.3 is 18.1 Å². The monoisotopic (exact) mass is 728 g/mol. The summed E-state index contributed by atoms with van der Waals surface area (Å²) in [5.74, 6) is 0.984. The Bertz CT molecular complexity index is 2020. The molecule has 1 N–H and O–H groups in total. The van der Waals surface area contributed by atoms with Gasteiger partial charge in [-0.3, -0.25) is 9.69 Å². The summed E-state index contributed by atoms with van der Waals surface area (Å²) >= 11 is 0. The van der Waals surface area contributed by atoms with E-state index in [4.69, 9.17) is 37.9 Å². The van der Waals surface area contributed by atoms with Crippen molar-refractivity contribution >= 4 is 29.0 Å². The number of piperidine rings is 1. The van der Waals surface area contributed by atoms with Crippen molar-refractivity contribution < 1.29 is 52.3 Å². The summed E-state index contributed by atoms with van der Waals surface area (Å²) in [6.45, 7) is 3.37. The molecule has 0 amide bonds. The Hall–Kier alpha value is -5.43. The number of fused-ring (bicyclic) bond motifs is 6. The van der Waals surface area contributed by atoms with Gasteiger partial charge in [0.25, 0.3) is 0 Å². The molecule has 3 aliphatic rings. The first-order chi connectivity index (χ1) is 25.6. The van der Waals surface area contributed by atoms with Crippen LogP contribution in [0.2, 0.25) is 0 Å². The molecule has 0 spiro atoms. The molecule has 1 saturated carbocycles. The van der Waals surface area contributed by atoms with Gasteiger partial charge in [-0.1, -0.05) is 0 Å². The highest BCUT2D eigenvalue weighted by Gasteiger charge is 2.49. The Morgan fingerprint density at radius 3 is 2.23 bits per heavy atom. The first-order valence-corrected chi connectivity index (χ1v) is 17.7. The van der Waals surface area contributed by atoms with E-state index in [2.05, 4.69) is 16.0 Å². The maximum atomic E-state index is 13.7. The number of benzene rings is 3. The highest BCUT2D eigenvalue weighted by atomic mass is 16.7. The number of aryl methyl sites for hydroxylation is 1. The number of carbonyl (C=O) groups excluding carboxylic acids is 3. The number of aromatic amines is 1. The molecule has 2 fully saturated rings. The van der Waals surface area contributed by atoms with Crippen molar-refractivity contribution in [1.82, 2.24) is 9.88 Å². The molecular weight excluding hydrogens is 684 g/mol. The standard InChI is InChI=1S/C40H44N2O11/c1-21-11-22(13-35(49-5)37(21)53-40(45)52-28-15-25(47-3)14-26(16-28)48-4)38(43)51-27-12-23-20-42-10-9-30-29-8-7-24(46-2)18-33(29)41-36(30)34(42)19-31(23)32(17-27)39(44)50-6/h7-8,11,13-16,18,23,27,31-32,34,41H,9-10,12,17,19-20H2,1-6H3. The lowest BCUT2D eigenvalue weighted by Crippen LogP contribution is -2.52. The second kappa shape index (κ2) is 14.9. The summed E-state index contributed by atoms with van der Waals surface area (Å²) in [6.07, 6.45) is 1.19. The van der Waals surface area contributed by atoms with Gasteiger partial charge in [0.15, 0.2) is 11.5 Å². The summed E-state index contributed by atoms with van der Waals surface area (Å²) in [5.41, 5.74) is 4.26. The second-order valence-corrected chi connectivity index (χ2v) is 13.8. The maximum Gasteiger partial charge on any atom is 0.519 e. The molecule has 13 heteroatoms. The van der Waals surface area contributed by atoms with E-state index in [1.54, 1.807) is 26.2 Å². The topological polar surface area (TPSA) is 144 Å². The Labute approximate surface area is 307 Å². The molecule has 4 aromatic rings. The van der Waals surface area contributed by atoms with Gasteiger partial charge in [-0.25, -0.2) is 9.59 Å². The number of methoxy groups -OCH3 is 5. The number of rotatable bonds is 9. The normalized spacial score (nSPS) is 22.0. The third-order valence-electron chi connectivity index (χ3n) is 10.9. The van der Waals surface area contributed by atoms with Gasteiger partial charge in [-0.05, 0) is 79.8 Å². The minimum absolute atomic E-state index is 0.0714. The number of carbonyl (C=O) groups is 3. The van der Waals surface area contributed by atoms with Gasteiger partial charge in [0, 0.05) is 54.0 Å². The zero-order valence-corrected chi connectivity index (χ0v) is 30.7. The fourth-order valence-corrected chi connectivity index (χ4v) is 8.46. The summed E-state index contributed by atoms with van der Waals surface area (Å²) in [5, 5.41) is 1.21. The lowest BCUT2D eigenvalue weighted by atomic mass is 9.65. The number of hydrogen-bond acceptors (Lipinski definition) is 12. The number of nitrogens with one attached hydrogen (secondary N) is 1. The minimum atomic E-state index is -1.02. The molecule has 3 aromatic carbocycles. The van der Waals surface area contributed by atoms with E-state index in [1.165, 1.54) is 63.3 Å². The van der Waals surface area contributed by atoms with Crippen LogP contribution in [-0.4, -0.2) is 82.7 Å². The van der Waals surface area contributed by atoms with Gasteiger partial charge in [0.1, 0.15) is 29.1 Å². The first-order valence-electron chi connectivity index (χ1n) is 17.7. The minimum Gasteiger partial charge on any atom is -0.497 e. The quantitative estimate of drug-likeness (QED) is 0.150. The van der Waals surface area contributed by atoms with Crippen LogP contribution in [0.1, 0.15) is 52.5 Å². The third-order valence-corrected chi connectivity index (χ3v) is 10.9. The van der Waals surface area contributed by atoms with Gasteiger partial charge < -0.3 is 42.9 Å². The Kier molecular flexibility index (Phi) is 10.1. The molecule has 53 heavy (non-hydrogen) atoms. The van der Waals surface area contributed by atoms with Crippen LogP contribution in [-0.2, 0) is 20.7 Å². The van der Waals surface area contributed by atoms with Crippen LogP contribution < -0.4 is 28.4 Å². The average Bonchev–Trinajstić information content (AvgIpc) is 3.55. The predicted molar refractivity (Wildman–Crippen MR) is 192 cm³/mol. The first kappa shape index (κ1) is 36.0. The molecule has 3 heterocycles. The fraction of sp³-hybridized carbons (Fsp3) is 0.425. The van der Waals surface area contributed by atoms with E-state index in [-0.39, 0.29) is 46.7 Å². The lowest BCUT2D eigenvalue weighted by molar-refractivity contribution is -0.155. The molecule has 13 nitrogen and oxygen atoms in total.